The minimum atomic E-state index is -0.880. The van der Waals surface area contributed by atoms with E-state index >= 15 is 0 Å². The van der Waals surface area contributed by atoms with Gasteiger partial charge in [0.1, 0.15) is 0 Å². The van der Waals surface area contributed by atoms with Crippen molar-refractivity contribution in [2.24, 2.45) is 11.8 Å². The van der Waals surface area contributed by atoms with Gasteiger partial charge in [0, 0.05) is 19.5 Å². The Balaban J connectivity index is 2.28. The average Bonchev–Trinajstić information content (AvgIpc) is 2.36. The number of carbonyl (C=O) groups excluding carboxylic acids is 1. The molecule has 1 aliphatic heterocycles. The molecular weight excluding hydrogens is 254 g/mol. The van der Waals surface area contributed by atoms with Gasteiger partial charge in [-0.3, -0.25) is 4.79 Å². The van der Waals surface area contributed by atoms with E-state index in [2.05, 4.69) is 17.6 Å². The number of nitrogens with zero attached hydrogens (tertiary/aromatic N) is 1. The Morgan fingerprint density at radius 2 is 2.25 bits per heavy atom. The number of hydrogen-bond donors (Lipinski definition) is 3. The standard InChI is InChI=1S/C15H31N3O2/c1-12(13-6-5-7-16-9-13)8-14(19)17-10-15(2,20)11-18(3)4/h12-13,16,20H,5-11H2,1-4H3,(H,17,19). The fourth-order valence-electron chi connectivity index (χ4n) is 2.92. The zero-order chi connectivity index (χ0) is 15.2. The number of hydrogen-bond acceptors (Lipinski definition) is 4. The van der Waals surface area contributed by atoms with Crippen LogP contribution in [0, 0.1) is 11.8 Å². The first-order valence-electron chi connectivity index (χ1n) is 7.65. The molecule has 5 heteroatoms. The van der Waals surface area contributed by atoms with Gasteiger partial charge in [0.15, 0.2) is 0 Å². The SMILES string of the molecule is CC(CC(=O)NCC(C)(O)CN(C)C)C1CCCNC1. The molecule has 1 heterocycles. The number of carbonyl (C=O) groups is 1. The summed E-state index contributed by atoms with van der Waals surface area (Å²) in [7, 11) is 3.82. The van der Waals surface area contributed by atoms with Crippen molar-refractivity contribution >= 4 is 5.91 Å². The van der Waals surface area contributed by atoms with Crippen LogP contribution in [-0.2, 0) is 4.79 Å². The van der Waals surface area contributed by atoms with Gasteiger partial charge >= 0.3 is 0 Å². The molecule has 3 atom stereocenters. The molecule has 1 amide bonds. The van der Waals surface area contributed by atoms with Crippen LogP contribution in [0.4, 0.5) is 0 Å². The number of piperidine rings is 1. The molecule has 0 bridgehead atoms. The number of nitrogens with one attached hydrogen (secondary N) is 2. The second-order valence-electron chi connectivity index (χ2n) is 6.80. The summed E-state index contributed by atoms with van der Waals surface area (Å²) in [6.07, 6.45) is 2.96. The molecular formula is C15H31N3O2. The number of rotatable bonds is 7. The summed E-state index contributed by atoms with van der Waals surface area (Å²) in [5.74, 6) is 1.03. The Hall–Kier alpha value is -0.650. The Bertz CT molecular complexity index is 299. The summed E-state index contributed by atoms with van der Waals surface area (Å²) in [4.78, 5) is 13.9. The highest BCUT2D eigenvalue weighted by atomic mass is 16.3. The van der Waals surface area contributed by atoms with E-state index in [1.165, 1.54) is 12.8 Å². The summed E-state index contributed by atoms with van der Waals surface area (Å²) in [5.41, 5.74) is -0.880. The third kappa shape index (κ3) is 6.68. The maximum absolute atomic E-state index is 12.0. The lowest BCUT2D eigenvalue weighted by molar-refractivity contribution is -0.123. The van der Waals surface area contributed by atoms with Crippen molar-refractivity contribution in [2.75, 3.05) is 40.3 Å². The van der Waals surface area contributed by atoms with Crippen molar-refractivity contribution in [1.82, 2.24) is 15.5 Å². The third-order valence-electron chi connectivity index (χ3n) is 3.97. The van der Waals surface area contributed by atoms with Crippen molar-refractivity contribution in [3.8, 4) is 0 Å². The van der Waals surface area contributed by atoms with Gasteiger partial charge in [0.05, 0.1) is 5.60 Å². The maximum atomic E-state index is 12.0. The molecule has 1 saturated heterocycles. The third-order valence-corrected chi connectivity index (χ3v) is 3.97. The van der Waals surface area contributed by atoms with Gasteiger partial charge in [-0.15, -0.1) is 0 Å². The molecule has 3 N–H and O–H groups in total. The maximum Gasteiger partial charge on any atom is 0.220 e. The highest BCUT2D eigenvalue weighted by Crippen LogP contribution is 2.22. The van der Waals surface area contributed by atoms with Gasteiger partial charge in [0.2, 0.25) is 5.91 Å². The largest absolute Gasteiger partial charge is 0.387 e. The van der Waals surface area contributed by atoms with E-state index in [0.717, 1.165) is 13.1 Å². The van der Waals surface area contributed by atoms with E-state index in [0.29, 0.717) is 31.3 Å². The van der Waals surface area contributed by atoms with Gasteiger partial charge in [0.25, 0.3) is 0 Å². The van der Waals surface area contributed by atoms with Crippen LogP contribution in [0.5, 0.6) is 0 Å². The molecule has 0 aliphatic carbocycles. The van der Waals surface area contributed by atoms with Crippen LogP contribution in [0.1, 0.15) is 33.1 Å². The Kier molecular flexibility index (Phi) is 6.92. The highest BCUT2D eigenvalue weighted by molar-refractivity contribution is 5.76. The smallest absolute Gasteiger partial charge is 0.220 e. The molecule has 1 rings (SSSR count). The van der Waals surface area contributed by atoms with Crippen molar-refractivity contribution in [2.45, 2.75) is 38.7 Å². The van der Waals surface area contributed by atoms with Gasteiger partial charge in [-0.25, -0.2) is 0 Å². The van der Waals surface area contributed by atoms with Crippen LogP contribution in [-0.4, -0.2) is 61.8 Å². The normalized spacial score (nSPS) is 24.2. The van der Waals surface area contributed by atoms with Crippen molar-refractivity contribution in [3.63, 3.8) is 0 Å². The van der Waals surface area contributed by atoms with Crippen LogP contribution in [0.15, 0.2) is 0 Å². The monoisotopic (exact) mass is 285 g/mol. The first-order chi connectivity index (χ1) is 9.30. The summed E-state index contributed by atoms with van der Waals surface area (Å²) in [6.45, 7) is 6.86. The second-order valence-corrected chi connectivity index (χ2v) is 6.80. The van der Waals surface area contributed by atoms with E-state index in [-0.39, 0.29) is 5.91 Å². The summed E-state index contributed by atoms with van der Waals surface area (Å²) in [6, 6.07) is 0. The minimum Gasteiger partial charge on any atom is -0.387 e. The molecule has 0 saturated carbocycles. The molecule has 0 aromatic heterocycles. The quantitative estimate of drug-likeness (QED) is 0.635. The summed E-state index contributed by atoms with van der Waals surface area (Å²) in [5, 5.41) is 16.4. The molecule has 0 aromatic rings. The fraction of sp³-hybridized carbons (Fsp3) is 0.933. The lowest BCUT2D eigenvalue weighted by atomic mass is 9.85. The first-order valence-corrected chi connectivity index (χ1v) is 7.65. The molecule has 0 radical (unpaired) electrons. The summed E-state index contributed by atoms with van der Waals surface area (Å²) >= 11 is 0. The van der Waals surface area contributed by atoms with Crippen molar-refractivity contribution in [3.05, 3.63) is 0 Å². The van der Waals surface area contributed by atoms with Crippen LogP contribution >= 0.6 is 0 Å². The number of amides is 1. The van der Waals surface area contributed by atoms with Crippen molar-refractivity contribution in [1.29, 1.82) is 0 Å². The van der Waals surface area contributed by atoms with Crippen LogP contribution < -0.4 is 10.6 Å². The highest BCUT2D eigenvalue weighted by Gasteiger charge is 2.25. The van der Waals surface area contributed by atoms with Crippen LogP contribution in [0.3, 0.4) is 0 Å². The summed E-state index contributed by atoms with van der Waals surface area (Å²) < 4.78 is 0. The molecule has 3 unspecified atom stereocenters. The van der Waals surface area contributed by atoms with E-state index in [4.69, 9.17) is 0 Å². The van der Waals surface area contributed by atoms with Crippen LogP contribution in [0.25, 0.3) is 0 Å². The second kappa shape index (κ2) is 7.96. The molecule has 1 fully saturated rings. The number of aliphatic hydroxyl groups is 1. The average molecular weight is 285 g/mol. The lowest BCUT2D eigenvalue weighted by Gasteiger charge is -2.29. The predicted molar refractivity (Wildman–Crippen MR) is 81.6 cm³/mol. The molecule has 1 aliphatic rings. The van der Waals surface area contributed by atoms with Gasteiger partial charge in [-0.05, 0) is 58.8 Å². The molecule has 118 valence electrons. The Morgan fingerprint density at radius 1 is 1.55 bits per heavy atom. The topological polar surface area (TPSA) is 64.6 Å². The number of likely N-dealkylation sites (N-methyl/N-ethyl adjacent to an activating group) is 1. The van der Waals surface area contributed by atoms with Crippen LogP contribution in [0.2, 0.25) is 0 Å². The van der Waals surface area contributed by atoms with Gasteiger partial charge in [-0.1, -0.05) is 6.92 Å². The zero-order valence-electron chi connectivity index (χ0n) is 13.4. The fourth-order valence-corrected chi connectivity index (χ4v) is 2.92. The van der Waals surface area contributed by atoms with Gasteiger partial charge < -0.3 is 20.6 Å². The Morgan fingerprint density at radius 3 is 2.80 bits per heavy atom. The molecule has 0 aromatic carbocycles. The minimum absolute atomic E-state index is 0.0436. The van der Waals surface area contributed by atoms with E-state index in [1.54, 1.807) is 6.92 Å². The Labute approximate surface area is 123 Å². The lowest BCUT2D eigenvalue weighted by Crippen LogP contribution is -2.47. The molecule has 0 spiro atoms. The molecule has 5 nitrogen and oxygen atoms in total. The molecule has 20 heavy (non-hydrogen) atoms. The van der Waals surface area contributed by atoms with Crippen molar-refractivity contribution < 1.29 is 9.90 Å². The van der Waals surface area contributed by atoms with Gasteiger partial charge in [-0.2, -0.15) is 0 Å². The van der Waals surface area contributed by atoms with E-state index < -0.39 is 5.60 Å². The first kappa shape index (κ1) is 17.4. The predicted octanol–water partition coefficient (Wildman–Crippen LogP) is 0.441. The van der Waals surface area contributed by atoms with E-state index in [9.17, 15) is 9.90 Å². The van der Waals surface area contributed by atoms with E-state index in [1.807, 2.05) is 19.0 Å². The zero-order valence-corrected chi connectivity index (χ0v) is 13.4.